The highest BCUT2D eigenvalue weighted by atomic mass is 32.2. The Balaban J connectivity index is 3.62. The van der Waals surface area contributed by atoms with E-state index in [1.807, 2.05) is 0 Å². The van der Waals surface area contributed by atoms with Crippen molar-refractivity contribution in [2.24, 2.45) is 11.5 Å². The lowest BCUT2D eigenvalue weighted by atomic mass is 10.2. The van der Waals surface area contributed by atoms with Gasteiger partial charge in [0.2, 0.25) is 0 Å². The lowest BCUT2D eigenvalue weighted by Crippen LogP contribution is -2.29. The Labute approximate surface area is 67.9 Å². The van der Waals surface area contributed by atoms with Gasteiger partial charge in [0, 0.05) is 6.26 Å². The van der Waals surface area contributed by atoms with E-state index in [0.29, 0.717) is 13.0 Å². The minimum Gasteiger partial charge on any atom is -0.330 e. The summed E-state index contributed by atoms with van der Waals surface area (Å²) in [7, 11) is -3.05. The third-order valence-corrected chi connectivity index (χ3v) is 2.83. The number of hydrogen-bond donors (Lipinski definition) is 2. The number of sulfone groups is 1. The molecule has 0 saturated carbocycles. The fraction of sp³-hybridized carbons (Fsp3) is 1.00. The third-order valence-electron chi connectivity index (χ3n) is 1.49. The van der Waals surface area contributed by atoms with Gasteiger partial charge in [0.1, 0.15) is 5.37 Å². The molecule has 68 valence electrons. The summed E-state index contributed by atoms with van der Waals surface area (Å²) >= 11 is 0. The highest BCUT2D eigenvalue weighted by molar-refractivity contribution is 7.91. The van der Waals surface area contributed by atoms with Crippen LogP contribution in [0.1, 0.15) is 19.3 Å². The second-order valence-corrected chi connectivity index (χ2v) is 4.92. The van der Waals surface area contributed by atoms with Gasteiger partial charge in [-0.3, -0.25) is 0 Å². The second-order valence-electron chi connectivity index (χ2n) is 2.65. The van der Waals surface area contributed by atoms with Crippen LogP contribution in [-0.2, 0) is 9.84 Å². The Morgan fingerprint density at radius 2 is 1.91 bits per heavy atom. The Morgan fingerprint density at radius 3 is 2.27 bits per heavy atom. The zero-order valence-corrected chi connectivity index (χ0v) is 7.60. The molecule has 0 amide bonds. The van der Waals surface area contributed by atoms with Crippen molar-refractivity contribution < 1.29 is 8.42 Å². The van der Waals surface area contributed by atoms with Crippen molar-refractivity contribution in [3.8, 4) is 0 Å². The van der Waals surface area contributed by atoms with Gasteiger partial charge in [-0.05, 0) is 25.8 Å². The second kappa shape index (κ2) is 4.69. The summed E-state index contributed by atoms with van der Waals surface area (Å²) in [6.45, 7) is 0.594. The van der Waals surface area contributed by atoms with Crippen LogP contribution in [0.4, 0.5) is 0 Å². The number of rotatable bonds is 5. The molecular formula is C6H16N2O2S. The SMILES string of the molecule is CS(=O)(=O)C(N)CCCCN. The Bertz CT molecular complexity index is 189. The van der Waals surface area contributed by atoms with Crippen LogP contribution >= 0.6 is 0 Å². The molecule has 0 aliphatic heterocycles. The van der Waals surface area contributed by atoms with E-state index in [9.17, 15) is 8.42 Å². The van der Waals surface area contributed by atoms with Gasteiger partial charge < -0.3 is 11.5 Å². The average molecular weight is 180 g/mol. The summed E-state index contributed by atoms with van der Waals surface area (Å²) < 4.78 is 21.5. The molecule has 0 bridgehead atoms. The number of nitrogens with two attached hydrogens (primary N) is 2. The normalized spacial score (nSPS) is 14.8. The van der Waals surface area contributed by atoms with E-state index in [1.54, 1.807) is 0 Å². The summed E-state index contributed by atoms with van der Waals surface area (Å²) in [6.07, 6.45) is 3.28. The van der Waals surface area contributed by atoms with Crippen molar-refractivity contribution in [2.45, 2.75) is 24.6 Å². The Kier molecular flexibility index (Phi) is 4.63. The number of hydrogen-bond acceptors (Lipinski definition) is 4. The first-order chi connectivity index (χ1) is 4.98. The predicted molar refractivity (Wildman–Crippen MR) is 45.7 cm³/mol. The van der Waals surface area contributed by atoms with Gasteiger partial charge in [-0.1, -0.05) is 0 Å². The lowest BCUT2D eigenvalue weighted by molar-refractivity contribution is 0.570. The zero-order chi connectivity index (χ0) is 8.91. The topological polar surface area (TPSA) is 86.2 Å². The lowest BCUT2D eigenvalue weighted by Gasteiger charge is -2.07. The van der Waals surface area contributed by atoms with Crippen LogP contribution in [-0.4, -0.2) is 26.6 Å². The molecule has 4 N–H and O–H groups in total. The molecule has 11 heavy (non-hydrogen) atoms. The molecule has 0 rings (SSSR count). The van der Waals surface area contributed by atoms with Gasteiger partial charge in [-0.2, -0.15) is 0 Å². The van der Waals surface area contributed by atoms with E-state index in [-0.39, 0.29) is 0 Å². The van der Waals surface area contributed by atoms with Crippen LogP contribution in [0.15, 0.2) is 0 Å². The Morgan fingerprint density at radius 1 is 1.36 bits per heavy atom. The average Bonchev–Trinajstić information content (AvgIpc) is 1.86. The maximum atomic E-state index is 10.8. The number of unbranched alkanes of at least 4 members (excludes halogenated alkanes) is 1. The first-order valence-corrected chi connectivity index (χ1v) is 5.58. The molecule has 0 saturated heterocycles. The Hall–Kier alpha value is -0.130. The van der Waals surface area contributed by atoms with Gasteiger partial charge in [0.25, 0.3) is 0 Å². The molecule has 0 aromatic heterocycles. The van der Waals surface area contributed by atoms with Gasteiger partial charge >= 0.3 is 0 Å². The van der Waals surface area contributed by atoms with Crippen LogP contribution in [0.3, 0.4) is 0 Å². The molecule has 4 nitrogen and oxygen atoms in total. The molecule has 1 atom stereocenters. The minimum atomic E-state index is -3.05. The van der Waals surface area contributed by atoms with Crippen LogP contribution in [0.2, 0.25) is 0 Å². The molecule has 0 fully saturated rings. The first-order valence-electron chi connectivity index (χ1n) is 3.63. The molecule has 0 radical (unpaired) electrons. The molecule has 0 aliphatic carbocycles. The molecule has 5 heteroatoms. The largest absolute Gasteiger partial charge is 0.330 e. The summed E-state index contributed by atoms with van der Waals surface area (Å²) in [5, 5.41) is -0.714. The van der Waals surface area contributed by atoms with Gasteiger partial charge in [0.15, 0.2) is 9.84 Å². The van der Waals surface area contributed by atoms with Crippen molar-refractivity contribution in [1.82, 2.24) is 0 Å². The van der Waals surface area contributed by atoms with Crippen molar-refractivity contribution in [3.05, 3.63) is 0 Å². The maximum Gasteiger partial charge on any atom is 0.163 e. The smallest absolute Gasteiger partial charge is 0.163 e. The highest BCUT2D eigenvalue weighted by Crippen LogP contribution is 2.02. The van der Waals surface area contributed by atoms with Crippen LogP contribution in [0, 0.1) is 0 Å². The highest BCUT2D eigenvalue weighted by Gasteiger charge is 2.13. The summed E-state index contributed by atoms with van der Waals surface area (Å²) in [4.78, 5) is 0. The summed E-state index contributed by atoms with van der Waals surface area (Å²) in [6, 6.07) is 0. The zero-order valence-electron chi connectivity index (χ0n) is 6.79. The fourth-order valence-electron chi connectivity index (χ4n) is 0.704. The quantitative estimate of drug-likeness (QED) is 0.555. The van der Waals surface area contributed by atoms with Gasteiger partial charge in [-0.15, -0.1) is 0 Å². The maximum absolute atomic E-state index is 10.8. The van der Waals surface area contributed by atoms with E-state index in [0.717, 1.165) is 19.1 Å². The summed E-state index contributed by atoms with van der Waals surface area (Å²) in [5.41, 5.74) is 10.6. The standard InChI is InChI=1S/C6H16N2O2S/c1-11(9,10)6(8)4-2-3-5-7/h6H,2-5,7-8H2,1H3. The van der Waals surface area contributed by atoms with Gasteiger partial charge in [-0.25, -0.2) is 8.42 Å². The third kappa shape index (κ3) is 5.17. The van der Waals surface area contributed by atoms with Crippen LogP contribution in [0.5, 0.6) is 0 Å². The van der Waals surface area contributed by atoms with E-state index in [1.165, 1.54) is 0 Å². The molecule has 0 aliphatic rings. The molecular weight excluding hydrogens is 164 g/mol. The molecule has 0 spiro atoms. The van der Waals surface area contributed by atoms with E-state index >= 15 is 0 Å². The van der Waals surface area contributed by atoms with Crippen molar-refractivity contribution >= 4 is 9.84 Å². The monoisotopic (exact) mass is 180 g/mol. The fourth-order valence-corrected chi connectivity index (χ4v) is 1.30. The van der Waals surface area contributed by atoms with Crippen molar-refractivity contribution in [3.63, 3.8) is 0 Å². The minimum absolute atomic E-state index is 0.510. The molecule has 1 unspecified atom stereocenters. The van der Waals surface area contributed by atoms with Crippen LogP contribution < -0.4 is 11.5 Å². The van der Waals surface area contributed by atoms with Crippen LogP contribution in [0.25, 0.3) is 0 Å². The van der Waals surface area contributed by atoms with E-state index < -0.39 is 15.2 Å². The van der Waals surface area contributed by atoms with E-state index in [2.05, 4.69) is 0 Å². The van der Waals surface area contributed by atoms with Crippen molar-refractivity contribution in [2.75, 3.05) is 12.8 Å². The van der Waals surface area contributed by atoms with Gasteiger partial charge in [0.05, 0.1) is 0 Å². The predicted octanol–water partition coefficient (Wildman–Crippen LogP) is -0.555. The molecule has 0 aromatic carbocycles. The summed E-state index contributed by atoms with van der Waals surface area (Å²) in [5.74, 6) is 0. The molecule has 0 aromatic rings. The first kappa shape index (κ1) is 10.9. The van der Waals surface area contributed by atoms with E-state index in [4.69, 9.17) is 11.5 Å². The van der Waals surface area contributed by atoms with Crippen molar-refractivity contribution in [1.29, 1.82) is 0 Å². The molecule has 0 heterocycles.